The van der Waals surface area contributed by atoms with E-state index in [2.05, 4.69) is 26.8 Å². The molecule has 0 saturated carbocycles. The van der Waals surface area contributed by atoms with Gasteiger partial charge in [-0.25, -0.2) is 0 Å². The maximum atomic E-state index is 12.0. The van der Waals surface area contributed by atoms with E-state index in [9.17, 15) is 4.21 Å². The molecule has 1 rings (SSSR count). The molecule has 2 N–H and O–H groups in total. The Morgan fingerprint density at radius 3 is 2.59 bits per heavy atom. The monoisotopic (exact) mass is 253 g/mol. The molecule has 0 aromatic heterocycles. The summed E-state index contributed by atoms with van der Waals surface area (Å²) in [4.78, 5) is 0. The molecular weight excluding hydrogens is 230 g/mol. The van der Waals surface area contributed by atoms with Crippen LogP contribution >= 0.6 is 0 Å². The highest BCUT2D eigenvalue weighted by Gasteiger charge is 2.14. The van der Waals surface area contributed by atoms with E-state index in [4.69, 9.17) is 5.73 Å². The van der Waals surface area contributed by atoms with Gasteiger partial charge in [0.25, 0.3) is 0 Å². The Hall–Kier alpha value is -0.670. The van der Waals surface area contributed by atoms with Gasteiger partial charge in [-0.15, -0.1) is 0 Å². The lowest BCUT2D eigenvalue weighted by atomic mass is 10.0. The van der Waals surface area contributed by atoms with Crippen LogP contribution in [0.4, 0.5) is 0 Å². The van der Waals surface area contributed by atoms with Crippen molar-refractivity contribution in [2.45, 2.75) is 39.0 Å². The molecule has 3 atom stereocenters. The first-order valence-electron chi connectivity index (χ1n) is 6.19. The van der Waals surface area contributed by atoms with E-state index in [1.807, 2.05) is 18.2 Å². The first kappa shape index (κ1) is 14.4. The molecule has 2 nitrogen and oxygen atoms in total. The van der Waals surface area contributed by atoms with Gasteiger partial charge in [-0.2, -0.15) is 0 Å². The Bertz CT molecular complexity index is 378. The summed E-state index contributed by atoms with van der Waals surface area (Å²) in [5, 5.41) is 0. The van der Waals surface area contributed by atoms with Crippen molar-refractivity contribution in [2.24, 2.45) is 11.7 Å². The maximum Gasteiger partial charge on any atom is 0.0488 e. The molecule has 3 heteroatoms. The number of hydrogen-bond donors (Lipinski definition) is 1. The zero-order valence-corrected chi connectivity index (χ0v) is 11.8. The van der Waals surface area contributed by atoms with Crippen molar-refractivity contribution >= 4 is 10.8 Å². The Morgan fingerprint density at radius 2 is 2.00 bits per heavy atom. The topological polar surface area (TPSA) is 43.1 Å². The normalized spacial score (nSPS) is 16.5. The summed E-state index contributed by atoms with van der Waals surface area (Å²) in [5.74, 6) is 1.66. The van der Waals surface area contributed by atoms with Crippen LogP contribution in [0.2, 0.25) is 0 Å². The van der Waals surface area contributed by atoms with Crippen LogP contribution in [0.15, 0.2) is 24.3 Å². The second-order valence-corrected chi connectivity index (χ2v) is 6.23. The largest absolute Gasteiger partial charge is 0.327 e. The Morgan fingerprint density at radius 1 is 1.35 bits per heavy atom. The zero-order valence-electron chi connectivity index (χ0n) is 11.0. The maximum absolute atomic E-state index is 12.0. The first-order chi connectivity index (χ1) is 8.04. The highest BCUT2D eigenvalue weighted by Crippen LogP contribution is 2.12. The van der Waals surface area contributed by atoms with Crippen molar-refractivity contribution in [2.75, 3.05) is 5.75 Å². The predicted octanol–water partition coefficient (Wildman–Crippen LogP) is 2.62. The highest BCUT2D eigenvalue weighted by atomic mass is 32.2. The van der Waals surface area contributed by atoms with Crippen molar-refractivity contribution < 1.29 is 4.21 Å². The van der Waals surface area contributed by atoms with Crippen LogP contribution in [-0.4, -0.2) is 16.0 Å². The van der Waals surface area contributed by atoms with E-state index in [0.717, 1.165) is 6.42 Å². The number of nitrogens with two attached hydrogens (primary N) is 1. The molecule has 0 spiro atoms. The fourth-order valence-electron chi connectivity index (χ4n) is 1.69. The molecule has 0 fully saturated rings. The minimum Gasteiger partial charge on any atom is -0.327 e. The van der Waals surface area contributed by atoms with Gasteiger partial charge in [0, 0.05) is 28.3 Å². The molecule has 0 saturated heterocycles. The fourth-order valence-corrected chi connectivity index (χ4v) is 3.23. The van der Waals surface area contributed by atoms with Gasteiger partial charge in [-0.3, -0.25) is 4.21 Å². The summed E-state index contributed by atoms with van der Waals surface area (Å²) in [7, 11) is -0.859. The molecule has 0 amide bonds. The molecule has 1 aromatic rings. The van der Waals surface area contributed by atoms with Gasteiger partial charge >= 0.3 is 0 Å². The van der Waals surface area contributed by atoms with Crippen LogP contribution in [0.3, 0.4) is 0 Å². The molecule has 0 aliphatic rings. The van der Waals surface area contributed by atoms with E-state index < -0.39 is 10.8 Å². The molecule has 0 radical (unpaired) electrons. The molecule has 0 heterocycles. The van der Waals surface area contributed by atoms with Gasteiger partial charge in [0.2, 0.25) is 0 Å². The second-order valence-electron chi connectivity index (χ2n) is 4.73. The van der Waals surface area contributed by atoms with Gasteiger partial charge < -0.3 is 5.73 Å². The third-order valence-corrected chi connectivity index (χ3v) is 4.72. The number of benzene rings is 1. The van der Waals surface area contributed by atoms with E-state index in [1.54, 1.807) is 0 Å². The van der Waals surface area contributed by atoms with Crippen molar-refractivity contribution in [1.82, 2.24) is 0 Å². The van der Waals surface area contributed by atoms with Crippen molar-refractivity contribution in [3.05, 3.63) is 35.4 Å². The quantitative estimate of drug-likeness (QED) is 0.847. The second kappa shape index (κ2) is 6.92. The molecule has 1 aromatic carbocycles. The number of aryl methyl sites for hydroxylation is 1. The van der Waals surface area contributed by atoms with Crippen LogP contribution in [0, 0.1) is 12.8 Å². The minimum atomic E-state index is -0.859. The third-order valence-electron chi connectivity index (χ3n) is 3.33. The fraction of sp³-hybridized carbons (Fsp3) is 0.571. The molecule has 3 unspecified atom stereocenters. The average Bonchev–Trinajstić information content (AvgIpc) is 2.31. The van der Waals surface area contributed by atoms with Gasteiger partial charge in [-0.05, 0) is 24.0 Å². The Balaban J connectivity index is 2.53. The van der Waals surface area contributed by atoms with Gasteiger partial charge in [0.1, 0.15) is 0 Å². The van der Waals surface area contributed by atoms with Crippen LogP contribution < -0.4 is 5.73 Å². The predicted molar refractivity (Wildman–Crippen MR) is 75.3 cm³/mol. The summed E-state index contributed by atoms with van der Waals surface area (Å²) in [6.45, 7) is 6.30. The lowest BCUT2D eigenvalue weighted by molar-refractivity contribution is 0.472. The molecular formula is C14H23NOS. The summed E-state index contributed by atoms with van der Waals surface area (Å²) in [6, 6.07) is 8.15. The van der Waals surface area contributed by atoms with E-state index >= 15 is 0 Å². The van der Waals surface area contributed by atoms with Crippen molar-refractivity contribution in [1.29, 1.82) is 0 Å². The highest BCUT2D eigenvalue weighted by molar-refractivity contribution is 7.84. The van der Waals surface area contributed by atoms with Crippen molar-refractivity contribution in [3.63, 3.8) is 0 Å². The first-order valence-corrected chi connectivity index (χ1v) is 7.68. The SMILES string of the molecule is CCC(C)C(N)CS(=O)Cc1ccccc1C. The molecule has 96 valence electrons. The Labute approximate surface area is 107 Å². The summed E-state index contributed by atoms with van der Waals surface area (Å²) >= 11 is 0. The summed E-state index contributed by atoms with van der Waals surface area (Å²) < 4.78 is 12.0. The number of hydrogen-bond acceptors (Lipinski definition) is 2. The van der Waals surface area contributed by atoms with Crippen LogP contribution in [0.1, 0.15) is 31.4 Å². The van der Waals surface area contributed by atoms with E-state index in [-0.39, 0.29) is 6.04 Å². The lowest BCUT2D eigenvalue weighted by Crippen LogP contribution is -2.33. The van der Waals surface area contributed by atoms with E-state index in [0.29, 0.717) is 17.4 Å². The van der Waals surface area contributed by atoms with Crippen molar-refractivity contribution in [3.8, 4) is 0 Å². The lowest BCUT2D eigenvalue weighted by Gasteiger charge is -2.17. The zero-order chi connectivity index (χ0) is 12.8. The van der Waals surface area contributed by atoms with Gasteiger partial charge in [0.05, 0.1) is 0 Å². The Kier molecular flexibility index (Phi) is 5.86. The number of rotatable bonds is 6. The minimum absolute atomic E-state index is 0.0462. The smallest absolute Gasteiger partial charge is 0.0488 e. The molecule has 0 aliphatic heterocycles. The molecule has 0 bridgehead atoms. The summed E-state index contributed by atoms with van der Waals surface area (Å²) in [6.07, 6.45) is 1.04. The average molecular weight is 253 g/mol. The van der Waals surface area contributed by atoms with Crippen LogP contribution in [0.25, 0.3) is 0 Å². The van der Waals surface area contributed by atoms with Gasteiger partial charge in [-0.1, -0.05) is 44.5 Å². The van der Waals surface area contributed by atoms with E-state index in [1.165, 1.54) is 11.1 Å². The third kappa shape index (κ3) is 4.60. The standard InChI is InChI=1S/C14H23NOS/c1-4-11(2)14(15)10-17(16)9-13-8-6-5-7-12(13)3/h5-8,11,14H,4,9-10,15H2,1-3H3. The molecule has 17 heavy (non-hydrogen) atoms. The summed E-state index contributed by atoms with van der Waals surface area (Å²) in [5.41, 5.74) is 8.40. The molecule has 0 aliphatic carbocycles. The van der Waals surface area contributed by atoms with Crippen LogP contribution in [0.5, 0.6) is 0 Å². The van der Waals surface area contributed by atoms with Gasteiger partial charge in [0.15, 0.2) is 0 Å². The van der Waals surface area contributed by atoms with Crippen LogP contribution in [-0.2, 0) is 16.6 Å².